The maximum absolute atomic E-state index is 2.32. The fourth-order valence-corrected chi connectivity index (χ4v) is 2.23. The maximum Gasteiger partial charge on any atom is 0.0659 e. The first kappa shape index (κ1) is 7.28. The van der Waals surface area contributed by atoms with Gasteiger partial charge in [0.05, 0.1) is 2.88 Å². The highest BCUT2D eigenvalue weighted by molar-refractivity contribution is 14.1. The molecule has 0 atom stereocenters. The summed E-state index contributed by atoms with van der Waals surface area (Å²) < 4.78 is 1.35. The molecular formula is C7H7IS. The monoisotopic (exact) mass is 250 g/mol. The van der Waals surface area contributed by atoms with Crippen molar-refractivity contribution in [1.29, 1.82) is 0 Å². The highest BCUT2D eigenvalue weighted by Gasteiger charge is 1.89. The number of thiophene rings is 1. The summed E-state index contributed by atoms with van der Waals surface area (Å²) in [6.07, 6.45) is 4.18. The molecule has 0 nitrogen and oxygen atoms in total. The van der Waals surface area contributed by atoms with Gasteiger partial charge in [0.2, 0.25) is 0 Å². The zero-order valence-electron chi connectivity index (χ0n) is 5.10. The van der Waals surface area contributed by atoms with Gasteiger partial charge in [-0.25, -0.2) is 0 Å². The minimum Gasteiger partial charge on any atom is -0.130 e. The molecule has 0 aliphatic heterocycles. The number of hydrogen-bond donors (Lipinski definition) is 0. The van der Waals surface area contributed by atoms with Gasteiger partial charge in [0, 0.05) is 4.88 Å². The lowest BCUT2D eigenvalue weighted by molar-refractivity contribution is 1.78. The first-order chi connectivity index (χ1) is 4.33. The second-order valence-corrected chi connectivity index (χ2v) is 4.65. The predicted octanol–water partition coefficient (Wildman–Crippen LogP) is 3.39. The Kier molecular flexibility index (Phi) is 2.72. The molecular weight excluding hydrogens is 243 g/mol. The lowest BCUT2D eigenvalue weighted by Crippen LogP contribution is -1.50. The normalized spacial score (nSPS) is 10.9. The van der Waals surface area contributed by atoms with E-state index in [4.69, 9.17) is 0 Å². The highest BCUT2D eigenvalue weighted by atomic mass is 127. The summed E-state index contributed by atoms with van der Waals surface area (Å²) in [7, 11) is 0. The minimum absolute atomic E-state index is 1.34. The SMILES string of the molecule is C/C=C/c1ccc(I)s1. The Balaban J connectivity index is 2.85. The third-order valence-corrected chi connectivity index (χ3v) is 2.78. The van der Waals surface area contributed by atoms with Gasteiger partial charge >= 0.3 is 0 Å². The molecule has 0 unspecified atom stereocenters. The van der Waals surface area contributed by atoms with E-state index >= 15 is 0 Å². The van der Waals surface area contributed by atoms with Crippen LogP contribution in [0.3, 0.4) is 0 Å². The Bertz CT molecular complexity index is 212. The van der Waals surface area contributed by atoms with Crippen LogP contribution < -0.4 is 0 Å². The van der Waals surface area contributed by atoms with Crippen LogP contribution in [0, 0.1) is 2.88 Å². The van der Waals surface area contributed by atoms with Crippen molar-refractivity contribution in [3.8, 4) is 0 Å². The lowest BCUT2D eigenvalue weighted by Gasteiger charge is -1.76. The van der Waals surface area contributed by atoms with Crippen LogP contribution in [-0.2, 0) is 0 Å². The largest absolute Gasteiger partial charge is 0.130 e. The molecule has 0 saturated carbocycles. The van der Waals surface area contributed by atoms with Crippen LogP contribution in [0.25, 0.3) is 6.08 Å². The molecule has 0 aromatic carbocycles. The van der Waals surface area contributed by atoms with E-state index in [0.717, 1.165) is 0 Å². The predicted molar refractivity (Wildman–Crippen MR) is 51.7 cm³/mol. The van der Waals surface area contributed by atoms with Gasteiger partial charge in [-0.2, -0.15) is 0 Å². The molecule has 0 spiro atoms. The molecule has 1 rings (SSSR count). The number of allylic oxidation sites excluding steroid dienone is 1. The molecule has 2 heteroatoms. The molecule has 1 heterocycles. The topological polar surface area (TPSA) is 0 Å². The van der Waals surface area contributed by atoms with E-state index in [1.54, 1.807) is 0 Å². The third kappa shape index (κ3) is 2.10. The molecule has 0 radical (unpaired) electrons. The van der Waals surface area contributed by atoms with Crippen molar-refractivity contribution in [2.24, 2.45) is 0 Å². The zero-order valence-corrected chi connectivity index (χ0v) is 8.07. The van der Waals surface area contributed by atoms with Crippen LogP contribution >= 0.6 is 33.9 Å². The van der Waals surface area contributed by atoms with Gasteiger partial charge in [0.1, 0.15) is 0 Å². The van der Waals surface area contributed by atoms with Crippen molar-refractivity contribution < 1.29 is 0 Å². The van der Waals surface area contributed by atoms with Crippen LogP contribution in [0.2, 0.25) is 0 Å². The van der Waals surface area contributed by atoms with Gasteiger partial charge in [-0.3, -0.25) is 0 Å². The van der Waals surface area contributed by atoms with E-state index < -0.39 is 0 Å². The summed E-state index contributed by atoms with van der Waals surface area (Å²) in [5.74, 6) is 0. The first-order valence-electron chi connectivity index (χ1n) is 2.71. The molecule has 9 heavy (non-hydrogen) atoms. The van der Waals surface area contributed by atoms with Crippen LogP contribution in [0.1, 0.15) is 11.8 Å². The van der Waals surface area contributed by atoms with Gasteiger partial charge in [-0.1, -0.05) is 6.08 Å². The molecule has 1 aromatic heterocycles. The van der Waals surface area contributed by atoms with E-state index in [0.29, 0.717) is 0 Å². The van der Waals surface area contributed by atoms with Gasteiger partial charge in [-0.05, 0) is 47.7 Å². The Morgan fingerprint density at radius 2 is 2.33 bits per heavy atom. The molecule has 0 saturated heterocycles. The molecule has 0 aliphatic carbocycles. The fourth-order valence-electron chi connectivity index (χ4n) is 0.582. The van der Waals surface area contributed by atoms with Gasteiger partial charge in [-0.15, -0.1) is 11.3 Å². The fraction of sp³-hybridized carbons (Fsp3) is 0.143. The third-order valence-electron chi connectivity index (χ3n) is 0.925. The van der Waals surface area contributed by atoms with Crippen LogP contribution in [0.4, 0.5) is 0 Å². The molecule has 0 aliphatic rings. The second kappa shape index (κ2) is 3.37. The average Bonchev–Trinajstić information content (AvgIpc) is 2.17. The number of halogens is 1. The molecule has 0 amide bonds. The summed E-state index contributed by atoms with van der Waals surface area (Å²) in [6, 6.07) is 4.26. The highest BCUT2D eigenvalue weighted by Crippen LogP contribution is 2.18. The molecule has 48 valence electrons. The van der Waals surface area contributed by atoms with Crippen molar-refractivity contribution in [2.75, 3.05) is 0 Å². The van der Waals surface area contributed by atoms with Crippen molar-refractivity contribution in [1.82, 2.24) is 0 Å². The summed E-state index contributed by atoms with van der Waals surface area (Å²) in [5.41, 5.74) is 0. The minimum atomic E-state index is 1.34. The van der Waals surface area contributed by atoms with Crippen LogP contribution in [0.15, 0.2) is 18.2 Å². The van der Waals surface area contributed by atoms with E-state index in [1.807, 2.05) is 18.3 Å². The molecule has 0 N–H and O–H groups in total. The van der Waals surface area contributed by atoms with Crippen molar-refractivity contribution in [2.45, 2.75) is 6.92 Å². The molecule has 0 bridgehead atoms. The Hall–Kier alpha value is 0.170. The quantitative estimate of drug-likeness (QED) is 0.670. The second-order valence-electron chi connectivity index (χ2n) is 1.64. The Labute approximate surface area is 72.7 Å². The molecule has 0 fully saturated rings. The standard InChI is InChI=1S/C7H7IS/c1-2-3-6-4-5-7(8)9-6/h2-5H,1H3/b3-2+. The smallest absolute Gasteiger partial charge is 0.0659 e. The average molecular weight is 250 g/mol. The zero-order chi connectivity index (χ0) is 6.69. The maximum atomic E-state index is 2.32. The Morgan fingerprint density at radius 3 is 2.78 bits per heavy atom. The van der Waals surface area contributed by atoms with E-state index in [-0.39, 0.29) is 0 Å². The van der Waals surface area contributed by atoms with Gasteiger partial charge in [0.25, 0.3) is 0 Å². The van der Waals surface area contributed by atoms with Crippen molar-refractivity contribution in [3.05, 3.63) is 26.0 Å². The van der Waals surface area contributed by atoms with E-state index in [2.05, 4.69) is 46.9 Å². The summed E-state index contributed by atoms with van der Waals surface area (Å²) in [4.78, 5) is 1.34. The summed E-state index contributed by atoms with van der Waals surface area (Å²) >= 11 is 4.14. The van der Waals surface area contributed by atoms with E-state index in [1.165, 1.54) is 7.76 Å². The lowest BCUT2D eigenvalue weighted by atomic mass is 10.4. The number of rotatable bonds is 1. The Morgan fingerprint density at radius 1 is 1.56 bits per heavy atom. The first-order valence-corrected chi connectivity index (χ1v) is 4.60. The van der Waals surface area contributed by atoms with E-state index in [9.17, 15) is 0 Å². The van der Waals surface area contributed by atoms with Crippen molar-refractivity contribution >= 4 is 40.0 Å². The van der Waals surface area contributed by atoms with Gasteiger partial charge < -0.3 is 0 Å². The van der Waals surface area contributed by atoms with Gasteiger partial charge in [0.15, 0.2) is 0 Å². The molecule has 1 aromatic rings. The summed E-state index contributed by atoms with van der Waals surface area (Å²) in [5, 5.41) is 0. The van der Waals surface area contributed by atoms with Crippen LogP contribution in [0.5, 0.6) is 0 Å². The van der Waals surface area contributed by atoms with Crippen molar-refractivity contribution in [3.63, 3.8) is 0 Å². The summed E-state index contributed by atoms with van der Waals surface area (Å²) in [6.45, 7) is 2.03. The van der Waals surface area contributed by atoms with Crippen LogP contribution in [-0.4, -0.2) is 0 Å². The number of hydrogen-bond acceptors (Lipinski definition) is 1.